The van der Waals surface area contributed by atoms with Crippen molar-refractivity contribution in [3.63, 3.8) is 0 Å². The number of halogens is 2. The van der Waals surface area contributed by atoms with Crippen molar-refractivity contribution in [2.24, 2.45) is 0 Å². The molecule has 0 bridgehead atoms. The first-order chi connectivity index (χ1) is 12.8. The zero-order valence-corrected chi connectivity index (χ0v) is 16.2. The zero-order valence-electron chi connectivity index (χ0n) is 13.8. The molecule has 0 spiro atoms. The molecule has 1 aliphatic heterocycles. The summed E-state index contributed by atoms with van der Waals surface area (Å²) in [5.41, 5.74) is 0.426. The molecule has 0 aliphatic carbocycles. The largest absolute Gasteiger partial charge is 0.503 e. The van der Waals surface area contributed by atoms with Crippen molar-refractivity contribution in [1.82, 2.24) is 5.32 Å². The van der Waals surface area contributed by atoms with E-state index in [0.29, 0.717) is 10.0 Å². The lowest BCUT2D eigenvalue weighted by Gasteiger charge is -2.28. The van der Waals surface area contributed by atoms with Gasteiger partial charge in [0.05, 0.1) is 17.3 Å². The van der Waals surface area contributed by atoms with Crippen LogP contribution >= 0.6 is 28.1 Å². The van der Waals surface area contributed by atoms with Gasteiger partial charge in [0.15, 0.2) is 16.6 Å². The third-order valence-corrected chi connectivity index (χ3v) is 4.64. The lowest BCUT2D eigenvalue weighted by Crippen LogP contribution is -2.54. The normalized spacial score (nSPS) is 15.9. The van der Waals surface area contributed by atoms with E-state index >= 15 is 0 Å². The molecular weight excluding hydrogens is 439 g/mol. The number of nitrogens with one attached hydrogen (secondary N) is 1. The summed E-state index contributed by atoms with van der Waals surface area (Å²) in [6.45, 7) is 0. The Morgan fingerprint density at radius 1 is 1.30 bits per heavy atom. The summed E-state index contributed by atoms with van der Waals surface area (Å²) in [5.74, 6) is -1.87. The van der Waals surface area contributed by atoms with Gasteiger partial charge in [0.25, 0.3) is 11.8 Å². The van der Waals surface area contributed by atoms with E-state index in [1.165, 1.54) is 43.5 Å². The minimum atomic E-state index is -0.697. The number of nitrogens with zero attached hydrogens (tertiary/aromatic N) is 1. The predicted octanol–water partition coefficient (Wildman–Crippen LogP) is 3.13. The van der Waals surface area contributed by atoms with Crippen LogP contribution in [0.1, 0.15) is 5.56 Å². The molecule has 138 valence electrons. The Balaban J connectivity index is 2.06. The van der Waals surface area contributed by atoms with Gasteiger partial charge < -0.3 is 9.84 Å². The van der Waals surface area contributed by atoms with Crippen molar-refractivity contribution in [3.05, 3.63) is 57.8 Å². The molecular formula is C18H12BrFN2O4S. The maximum atomic E-state index is 13.5. The van der Waals surface area contributed by atoms with Gasteiger partial charge in [-0.15, -0.1) is 0 Å². The molecule has 2 N–H and O–H groups in total. The maximum absolute atomic E-state index is 13.5. The van der Waals surface area contributed by atoms with Crippen LogP contribution in [0.4, 0.5) is 10.1 Å². The molecule has 6 nitrogen and oxygen atoms in total. The lowest BCUT2D eigenvalue weighted by molar-refractivity contribution is -0.122. The van der Waals surface area contributed by atoms with Crippen LogP contribution in [0.15, 0.2) is 46.4 Å². The minimum Gasteiger partial charge on any atom is -0.503 e. The first-order valence-corrected chi connectivity index (χ1v) is 8.75. The fraction of sp³-hybridized carbons (Fsp3) is 0.0556. The van der Waals surface area contributed by atoms with Crippen LogP contribution in [-0.4, -0.2) is 29.1 Å². The van der Waals surface area contributed by atoms with Gasteiger partial charge in [-0.05, 0) is 70.1 Å². The molecule has 1 saturated heterocycles. The van der Waals surface area contributed by atoms with E-state index in [0.717, 1.165) is 11.0 Å². The van der Waals surface area contributed by atoms with Crippen molar-refractivity contribution < 1.29 is 23.8 Å². The molecule has 2 aromatic carbocycles. The maximum Gasteiger partial charge on any atom is 0.270 e. The van der Waals surface area contributed by atoms with E-state index < -0.39 is 17.6 Å². The standard InChI is InChI=1S/C18H12BrFN2O4S/c1-26-14-7-9(6-13(19)15(14)23)5-12-16(24)21-18(27)22(17(12)25)11-4-2-3-10(20)8-11/h2-8,23H,1H3,(H,21,24,27)/b12-5+. The fourth-order valence-electron chi connectivity index (χ4n) is 2.51. The van der Waals surface area contributed by atoms with Gasteiger partial charge in [0, 0.05) is 0 Å². The highest BCUT2D eigenvalue weighted by Crippen LogP contribution is 2.36. The van der Waals surface area contributed by atoms with Crippen molar-refractivity contribution >= 4 is 56.8 Å². The summed E-state index contributed by atoms with van der Waals surface area (Å²) in [7, 11) is 1.38. The number of phenolic OH excluding ortho intramolecular Hbond substituents is 1. The number of hydrogen-bond donors (Lipinski definition) is 2. The Morgan fingerprint density at radius 3 is 2.70 bits per heavy atom. The molecule has 2 aromatic rings. The second-order valence-electron chi connectivity index (χ2n) is 5.49. The molecule has 3 rings (SSSR count). The Kier molecular flexibility index (Phi) is 5.24. The van der Waals surface area contributed by atoms with E-state index in [1.54, 1.807) is 0 Å². The average molecular weight is 451 g/mol. The van der Waals surface area contributed by atoms with E-state index in [-0.39, 0.29) is 27.9 Å². The van der Waals surface area contributed by atoms with Gasteiger partial charge in [-0.3, -0.25) is 19.8 Å². The highest BCUT2D eigenvalue weighted by molar-refractivity contribution is 9.10. The van der Waals surface area contributed by atoms with Crippen LogP contribution < -0.4 is 15.0 Å². The van der Waals surface area contributed by atoms with Crippen LogP contribution in [0, 0.1) is 5.82 Å². The number of phenols is 1. The molecule has 1 aliphatic rings. The number of amides is 2. The molecule has 1 fully saturated rings. The Hall–Kier alpha value is -2.78. The van der Waals surface area contributed by atoms with Crippen molar-refractivity contribution in [1.29, 1.82) is 0 Å². The highest BCUT2D eigenvalue weighted by atomic mass is 79.9. The summed E-state index contributed by atoms with van der Waals surface area (Å²) in [4.78, 5) is 26.2. The van der Waals surface area contributed by atoms with Crippen LogP contribution in [0.3, 0.4) is 0 Å². The number of methoxy groups -OCH3 is 1. The summed E-state index contributed by atoms with van der Waals surface area (Å²) >= 11 is 8.25. The number of rotatable bonds is 3. The second kappa shape index (κ2) is 7.45. The van der Waals surface area contributed by atoms with E-state index in [4.69, 9.17) is 17.0 Å². The number of benzene rings is 2. The van der Waals surface area contributed by atoms with Crippen molar-refractivity contribution in [3.8, 4) is 11.5 Å². The molecule has 1 heterocycles. The number of thiocarbonyl (C=S) groups is 1. The van der Waals surface area contributed by atoms with Crippen LogP contribution in [0.5, 0.6) is 11.5 Å². The fourth-order valence-corrected chi connectivity index (χ4v) is 3.25. The monoisotopic (exact) mass is 450 g/mol. The third-order valence-electron chi connectivity index (χ3n) is 3.75. The smallest absolute Gasteiger partial charge is 0.270 e. The number of carbonyl (C=O) groups excluding carboxylic acids is 2. The number of aromatic hydroxyl groups is 1. The molecule has 27 heavy (non-hydrogen) atoms. The Morgan fingerprint density at radius 2 is 2.04 bits per heavy atom. The average Bonchev–Trinajstić information content (AvgIpc) is 2.61. The predicted molar refractivity (Wildman–Crippen MR) is 105 cm³/mol. The molecule has 2 amide bonds. The summed E-state index contributed by atoms with van der Waals surface area (Å²) in [6.07, 6.45) is 1.33. The van der Waals surface area contributed by atoms with E-state index in [1.807, 2.05) is 0 Å². The van der Waals surface area contributed by atoms with Crippen LogP contribution in [-0.2, 0) is 9.59 Å². The molecule has 0 aromatic heterocycles. The molecule has 0 atom stereocenters. The minimum absolute atomic E-state index is 0.110. The zero-order chi connectivity index (χ0) is 19.7. The number of anilines is 1. The lowest BCUT2D eigenvalue weighted by atomic mass is 10.1. The molecule has 9 heteroatoms. The first-order valence-electron chi connectivity index (χ1n) is 7.55. The van der Waals surface area contributed by atoms with E-state index in [2.05, 4.69) is 21.2 Å². The SMILES string of the molecule is COc1cc(/C=C2\C(=O)NC(=S)N(c3cccc(F)c3)C2=O)cc(Br)c1O. The van der Waals surface area contributed by atoms with Gasteiger partial charge in [0.2, 0.25) is 0 Å². The topological polar surface area (TPSA) is 78.9 Å². The van der Waals surface area contributed by atoms with Crippen molar-refractivity contribution in [2.75, 3.05) is 12.0 Å². The number of hydrogen-bond acceptors (Lipinski definition) is 5. The van der Waals surface area contributed by atoms with Crippen LogP contribution in [0.2, 0.25) is 0 Å². The summed E-state index contributed by atoms with van der Waals surface area (Å²) in [5, 5.41) is 12.2. The van der Waals surface area contributed by atoms with E-state index in [9.17, 15) is 19.1 Å². The summed E-state index contributed by atoms with van der Waals surface area (Å²) < 4.78 is 18.9. The Bertz CT molecular complexity index is 1010. The molecule has 0 saturated carbocycles. The Labute approximate surface area is 167 Å². The van der Waals surface area contributed by atoms with Gasteiger partial charge in [-0.2, -0.15) is 0 Å². The van der Waals surface area contributed by atoms with Gasteiger partial charge in [-0.25, -0.2) is 4.39 Å². The third kappa shape index (κ3) is 3.69. The molecule has 0 unspecified atom stereocenters. The molecule has 0 radical (unpaired) electrons. The summed E-state index contributed by atoms with van der Waals surface area (Å²) in [6, 6.07) is 8.29. The van der Waals surface area contributed by atoms with Gasteiger partial charge >= 0.3 is 0 Å². The van der Waals surface area contributed by atoms with Crippen molar-refractivity contribution in [2.45, 2.75) is 0 Å². The number of ether oxygens (including phenoxy) is 1. The van der Waals surface area contributed by atoms with Crippen LogP contribution in [0.25, 0.3) is 6.08 Å². The van der Waals surface area contributed by atoms with Gasteiger partial charge in [-0.1, -0.05) is 6.07 Å². The second-order valence-corrected chi connectivity index (χ2v) is 6.73. The highest BCUT2D eigenvalue weighted by Gasteiger charge is 2.34. The quantitative estimate of drug-likeness (QED) is 0.426. The van der Waals surface area contributed by atoms with Gasteiger partial charge in [0.1, 0.15) is 11.4 Å². The number of carbonyl (C=O) groups is 2. The first kappa shape index (κ1) is 19.0.